The number of likely N-dealkylation sites (tertiary alicyclic amines) is 1. The smallest absolute Gasteiger partial charge is 0.307 e. The Kier molecular flexibility index (Phi) is 6.20. The lowest BCUT2D eigenvalue weighted by molar-refractivity contribution is -0.145. The maximum atomic E-state index is 12.5. The van der Waals surface area contributed by atoms with Crippen molar-refractivity contribution in [3.8, 4) is 5.75 Å². The molecule has 0 saturated carbocycles. The SMILES string of the molecule is CCOc1ccc(NC(=O)C(C)N2CC(C)CC(C(=O)O)C2)cc1. The maximum absolute atomic E-state index is 12.5. The second-order valence-electron chi connectivity index (χ2n) is 6.45. The van der Waals surface area contributed by atoms with Gasteiger partial charge in [0.05, 0.1) is 18.6 Å². The average Bonchev–Trinajstić information content (AvgIpc) is 2.55. The molecule has 0 bridgehead atoms. The third-order valence-corrected chi connectivity index (χ3v) is 4.40. The first-order chi connectivity index (χ1) is 11.4. The number of amides is 1. The molecule has 0 spiro atoms. The van der Waals surface area contributed by atoms with E-state index >= 15 is 0 Å². The number of anilines is 1. The summed E-state index contributed by atoms with van der Waals surface area (Å²) in [7, 11) is 0. The molecule has 6 heteroatoms. The van der Waals surface area contributed by atoms with Crippen LogP contribution >= 0.6 is 0 Å². The summed E-state index contributed by atoms with van der Waals surface area (Å²) in [5.41, 5.74) is 0.704. The third-order valence-electron chi connectivity index (χ3n) is 4.40. The largest absolute Gasteiger partial charge is 0.494 e. The molecule has 2 rings (SSSR count). The Labute approximate surface area is 142 Å². The normalized spacial score (nSPS) is 22.6. The van der Waals surface area contributed by atoms with E-state index in [1.165, 1.54) is 0 Å². The van der Waals surface area contributed by atoms with Gasteiger partial charge < -0.3 is 15.2 Å². The Morgan fingerprint density at radius 1 is 1.33 bits per heavy atom. The summed E-state index contributed by atoms with van der Waals surface area (Å²) < 4.78 is 5.38. The molecular formula is C18H26N2O4. The van der Waals surface area contributed by atoms with Crippen LogP contribution in [0.15, 0.2) is 24.3 Å². The number of ether oxygens (including phenoxy) is 1. The molecule has 1 aliphatic rings. The van der Waals surface area contributed by atoms with Crippen molar-refractivity contribution in [2.45, 2.75) is 33.2 Å². The first-order valence-corrected chi connectivity index (χ1v) is 8.41. The predicted molar refractivity (Wildman–Crippen MR) is 92.2 cm³/mol. The van der Waals surface area contributed by atoms with Crippen molar-refractivity contribution >= 4 is 17.6 Å². The van der Waals surface area contributed by atoms with Gasteiger partial charge in [-0.1, -0.05) is 6.92 Å². The molecule has 1 aliphatic heterocycles. The summed E-state index contributed by atoms with van der Waals surface area (Å²) in [5.74, 6) is -0.296. The molecule has 1 fully saturated rings. The highest BCUT2D eigenvalue weighted by Crippen LogP contribution is 2.24. The quantitative estimate of drug-likeness (QED) is 0.835. The van der Waals surface area contributed by atoms with Crippen LogP contribution in [0.2, 0.25) is 0 Å². The molecule has 1 heterocycles. The number of piperidine rings is 1. The van der Waals surface area contributed by atoms with E-state index in [-0.39, 0.29) is 17.9 Å². The van der Waals surface area contributed by atoms with Gasteiger partial charge >= 0.3 is 5.97 Å². The van der Waals surface area contributed by atoms with Gasteiger partial charge in [-0.05, 0) is 50.5 Å². The summed E-state index contributed by atoms with van der Waals surface area (Å²) in [5, 5.41) is 12.1. The standard InChI is InChI=1S/C18H26N2O4/c1-4-24-16-7-5-15(6-8-16)19-17(21)13(3)20-10-12(2)9-14(11-20)18(22)23/h5-8,12-14H,4,9-11H2,1-3H3,(H,19,21)(H,22,23). The molecule has 1 aromatic carbocycles. The van der Waals surface area contributed by atoms with Gasteiger partial charge in [-0.15, -0.1) is 0 Å². The van der Waals surface area contributed by atoms with Crippen molar-refractivity contribution in [2.24, 2.45) is 11.8 Å². The highest BCUT2D eigenvalue weighted by Gasteiger charge is 2.33. The molecule has 1 amide bonds. The predicted octanol–water partition coefficient (Wildman–Crippen LogP) is 2.45. The Balaban J connectivity index is 1.96. The van der Waals surface area contributed by atoms with E-state index in [2.05, 4.69) is 5.32 Å². The molecule has 0 aliphatic carbocycles. The minimum Gasteiger partial charge on any atom is -0.494 e. The second-order valence-corrected chi connectivity index (χ2v) is 6.45. The lowest BCUT2D eigenvalue weighted by Crippen LogP contribution is -2.50. The molecule has 3 unspecified atom stereocenters. The average molecular weight is 334 g/mol. The van der Waals surface area contributed by atoms with Gasteiger partial charge in [-0.3, -0.25) is 14.5 Å². The molecule has 132 valence electrons. The minimum absolute atomic E-state index is 0.127. The highest BCUT2D eigenvalue weighted by molar-refractivity contribution is 5.94. The van der Waals surface area contributed by atoms with Gasteiger partial charge in [-0.2, -0.15) is 0 Å². The van der Waals surface area contributed by atoms with E-state index in [4.69, 9.17) is 4.74 Å². The first kappa shape index (κ1) is 18.3. The van der Waals surface area contributed by atoms with Gasteiger partial charge in [0, 0.05) is 18.8 Å². The number of hydrogen-bond acceptors (Lipinski definition) is 4. The van der Waals surface area contributed by atoms with Gasteiger partial charge in [0.25, 0.3) is 0 Å². The monoisotopic (exact) mass is 334 g/mol. The molecule has 0 aromatic heterocycles. The molecule has 24 heavy (non-hydrogen) atoms. The number of rotatable bonds is 6. The number of carboxylic acid groups (broad SMARTS) is 1. The zero-order valence-electron chi connectivity index (χ0n) is 14.5. The van der Waals surface area contributed by atoms with Crippen LogP contribution in [-0.4, -0.2) is 47.6 Å². The fourth-order valence-electron chi connectivity index (χ4n) is 3.10. The zero-order valence-corrected chi connectivity index (χ0v) is 14.5. The lowest BCUT2D eigenvalue weighted by atomic mass is 9.89. The summed E-state index contributed by atoms with van der Waals surface area (Å²) in [6, 6.07) is 6.85. The number of hydrogen-bond donors (Lipinski definition) is 2. The molecule has 3 atom stereocenters. The van der Waals surface area contributed by atoms with E-state index in [0.717, 1.165) is 12.3 Å². The second kappa shape index (κ2) is 8.15. The van der Waals surface area contributed by atoms with Gasteiger partial charge in [0.1, 0.15) is 5.75 Å². The summed E-state index contributed by atoms with van der Waals surface area (Å²) in [6.45, 7) is 7.52. The van der Waals surface area contributed by atoms with Crippen molar-refractivity contribution in [1.82, 2.24) is 4.90 Å². The topological polar surface area (TPSA) is 78.9 Å². The lowest BCUT2D eigenvalue weighted by Gasteiger charge is -2.37. The zero-order chi connectivity index (χ0) is 17.7. The van der Waals surface area contributed by atoms with Crippen molar-refractivity contribution in [3.63, 3.8) is 0 Å². The van der Waals surface area contributed by atoms with E-state index in [1.807, 2.05) is 37.8 Å². The van der Waals surface area contributed by atoms with Crippen molar-refractivity contribution in [3.05, 3.63) is 24.3 Å². The maximum Gasteiger partial charge on any atom is 0.307 e. The van der Waals surface area contributed by atoms with E-state index < -0.39 is 11.9 Å². The van der Waals surface area contributed by atoms with Crippen molar-refractivity contribution < 1.29 is 19.4 Å². The fourth-order valence-corrected chi connectivity index (χ4v) is 3.10. The Morgan fingerprint density at radius 3 is 2.58 bits per heavy atom. The first-order valence-electron chi connectivity index (χ1n) is 8.41. The molecule has 0 radical (unpaired) electrons. The number of nitrogens with one attached hydrogen (secondary N) is 1. The number of carbonyl (C=O) groups excluding carboxylic acids is 1. The molecular weight excluding hydrogens is 308 g/mol. The third kappa shape index (κ3) is 4.71. The van der Waals surface area contributed by atoms with Crippen LogP contribution in [0.1, 0.15) is 27.2 Å². The van der Waals surface area contributed by atoms with Gasteiger partial charge in [0.15, 0.2) is 0 Å². The van der Waals surface area contributed by atoms with E-state index in [9.17, 15) is 14.7 Å². The number of carbonyl (C=O) groups is 2. The Morgan fingerprint density at radius 2 is 2.00 bits per heavy atom. The van der Waals surface area contributed by atoms with E-state index in [1.54, 1.807) is 12.1 Å². The molecule has 6 nitrogen and oxygen atoms in total. The van der Waals surface area contributed by atoms with Crippen LogP contribution in [0.3, 0.4) is 0 Å². The van der Waals surface area contributed by atoms with Gasteiger partial charge in [0.2, 0.25) is 5.91 Å². The number of aliphatic carboxylic acids is 1. The van der Waals surface area contributed by atoms with Crippen LogP contribution in [0.25, 0.3) is 0 Å². The van der Waals surface area contributed by atoms with Crippen LogP contribution in [-0.2, 0) is 9.59 Å². The van der Waals surface area contributed by atoms with Crippen molar-refractivity contribution in [1.29, 1.82) is 0 Å². The molecule has 1 aromatic rings. The van der Waals surface area contributed by atoms with Gasteiger partial charge in [-0.25, -0.2) is 0 Å². The number of nitrogens with zero attached hydrogens (tertiary/aromatic N) is 1. The van der Waals surface area contributed by atoms with Crippen molar-refractivity contribution in [2.75, 3.05) is 25.0 Å². The van der Waals surface area contributed by atoms with Crippen LogP contribution < -0.4 is 10.1 Å². The Hall–Kier alpha value is -2.08. The fraction of sp³-hybridized carbons (Fsp3) is 0.556. The summed E-state index contributed by atoms with van der Waals surface area (Å²) in [4.78, 5) is 25.7. The molecule has 1 saturated heterocycles. The van der Waals surface area contributed by atoms with Crippen LogP contribution in [0.5, 0.6) is 5.75 Å². The number of benzene rings is 1. The minimum atomic E-state index is -0.786. The summed E-state index contributed by atoms with van der Waals surface area (Å²) in [6.07, 6.45) is 0.666. The number of carboxylic acids is 1. The van der Waals surface area contributed by atoms with Crippen LogP contribution in [0.4, 0.5) is 5.69 Å². The highest BCUT2D eigenvalue weighted by atomic mass is 16.5. The summed E-state index contributed by atoms with van der Waals surface area (Å²) >= 11 is 0. The molecule has 2 N–H and O–H groups in total. The van der Waals surface area contributed by atoms with Crippen LogP contribution in [0, 0.1) is 11.8 Å². The van der Waals surface area contributed by atoms with E-state index in [0.29, 0.717) is 25.3 Å². The Bertz CT molecular complexity index is 573.